The molecule has 3 atom stereocenters. The number of alkyl halides is 1. The summed E-state index contributed by atoms with van der Waals surface area (Å²) >= 11 is 3.63. The fourth-order valence-corrected chi connectivity index (χ4v) is 3.28. The number of hydrogen-bond donors (Lipinski definition) is 0. The standard InChI is InChI=1S/C16H23BrO/c1-13-7-6-10-15(11-13)18-16(2,12-17)14-8-4-3-5-9-14/h3-5,8-9,13,15H,6-7,10-12H2,1-2H3. The summed E-state index contributed by atoms with van der Waals surface area (Å²) in [5.41, 5.74) is 1.06. The van der Waals surface area contributed by atoms with Crippen molar-refractivity contribution in [3.8, 4) is 0 Å². The van der Waals surface area contributed by atoms with E-state index in [1.54, 1.807) is 0 Å². The molecule has 0 saturated heterocycles. The van der Waals surface area contributed by atoms with Crippen LogP contribution in [0.15, 0.2) is 30.3 Å². The van der Waals surface area contributed by atoms with Gasteiger partial charge in [-0.05, 0) is 31.2 Å². The Morgan fingerprint density at radius 3 is 2.61 bits per heavy atom. The van der Waals surface area contributed by atoms with E-state index in [0.29, 0.717) is 6.10 Å². The van der Waals surface area contributed by atoms with Crippen LogP contribution in [0.2, 0.25) is 0 Å². The van der Waals surface area contributed by atoms with Gasteiger partial charge in [0.1, 0.15) is 5.60 Å². The first-order chi connectivity index (χ1) is 8.64. The summed E-state index contributed by atoms with van der Waals surface area (Å²) in [4.78, 5) is 0. The van der Waals surface area contributed by atoms with E-state index < -0.39 is 0 Å². The smallest absolute Gasteiger partial charge is 0.100 e. The Bertz CT molecular complexity index is 365. The Labute approximate surface area is 119 Å². The minimum absolute atomic E-state index is 0.205. The first kappa shape index (κ1) is 14.1. The summed E-state index contributed by atoms with van der Waals surface area (Å²) < 4.78 is 6.44. The number of ether oxygens (including phenoxy) is 1. The van der Waals surface area contributed by atoms with E-state index in [-0.39, 0.29) is 5.60 Å². The average Bonchev–Trinajstić information content (AvgIpc) is 2.39. The Morgan fingerprint density at radius 1 is 1.28 bits per heavy atom. The second-order valence-electron chi connectivity index (χ2n) is 5.74. The van der Waals surface area contributed by atoms with Crippen molar-refractivity contribution in [3.05, 3.63) is 35.9 Å². The molecule has 0 bridgehead atoms. The average molecular weight is 311 g/mol. The Kier molecular flexibility index (Phi) is 4.85. The van der Waals surface area contributed by atoms with Crippen LogP contribution in [-0.2, 0) is 10.3 Å². The van der Waals surface area contributed by atoms with Crippen molar-refractivity contribution in [2.75, 3.05) is 5.33 Å². The zero-order valence-corrected chi connectivity index (χ0v) is 12.9. The van der Waals surface area contributed by atoms with Gasteiger partial charge in [-0.15, -0.1) is 0 Å². The van der Waals surface area contributed by atoms with Crippen molar-refractivity contribution in [3.63, 3.8) is 0 Å². The van der Waals surface area contributed by atoms with Crippen LogP contribution in [0.4, 0.5) is 0 Å². The maximum atomic E-state index is 6.44. The third-order valence-corrected chi connectivity index (χ3v) is 5.02. The fourth-order valence-electron chi connectivity index (χ4n) is 2.82. The van der Waals surface area contributed by atoms with Gasteiger partial charge in [-0.3, -0.25) is 0 Å². The fraction of sp³-hybridized carbons (Fsp3) is 0.625. The van der Waals surface area contributed by atoms with Crippen molar-refractivity contribution >= 4 is 15.9 Å². The van der Waals surface area contributed by atoms with Gasteiger partial charge in [0.2, 0.25) is 0 Å². The molecule has 1 aliphatic carbocycles. The minimum Gasteiger partial charge on any atom is -0.366 e. The van der Waals surface area contributed by atoms with Gasteiger partial charge in [0, 0.05) is 5.33 Å². The summed E-state index contributed by atoms with van der Waals surface area (Å²) in [6.07, 6.45) is 5.49. The van der Waals surface area contributed by atoms with Crippen molar-refractivity contribution in [2.45, 2.75) is 51.2 Å². The van der Waals surface area contributed by atoms with Crippen LogP contribution in [-0.4, -0.2) is 11.4 Å². The van der Waals surface area contributed by atoms with Crippen molar-refractivity contribution < 1.29 is 4.74 Å². The molecule has 1 saturated carbocycles. The molecule has 1 nitrogen and oxygen atoms in total. The SMILES string of the molecule is CC1CCCC(OC(C)(CBr)c2ccccc2)C1. The molecule has 0 heterocycles. The van der Waals surface area contributed by atoms with E-state index in [4.69, 9.17) is 4.74 Å². The Hall–Kier alpha value is -0.340. The molecule has 18 heavy (non-hydrogen) atoms. The number of benzene rings is 1. The van der Waals surface area contributed by atoms with Gasteiger partial charge in [0.15, 0.2) is 0 Å². The van der Waals surface area contributed by atoms with E-state index >= 15 is 0 Å². The molecule has 0 aliphatic heterocycles. The highest BCUT2D eigenvalue weighted by Crippen LogP contribution is 2.34. The van der Waals surface area contributed by atoms with E-state index in [2.05, 4.69) is 60.1 Å². The number of rotatable bonds is 4. The van der Waals surface area contributed by atoms with Crippen LogP contribution in [0.25, 0.3) is 0 Å². The number of hydrogen-bond acceptors (Lipinski definition) is 1. The molecule has 1 aliphatic rings. The molecule has 0 aromatic heterocycles. The zero-order valence-electron chi connectivity index (χ0n) is 11.4. The second kappa shape index (κ2) is 6.21. The molecule has 3 unspecified atom stereocenters. The van der Waals surface area contributed by atoms with E-state index in [0.717, 1.165) is 11.2 Å². The molecule has 1 fully saturated rings. The molecular formula is C16H23BrO. The van der Waals surface area contributed by atoms with E-state index in [1.807, 2.05) is 0 Å². The maximum Gasteiger partial charge on any atom is 0.100 e. The van der Waals surface area contributed by atoms with Gasteiger partial charge in [0.05, 0.1) is 6.10 Å². The lowest BCUT2D eigenvalue weighted by molar-refractivity contribution is -0.0916. The second-order valence-corrected chi connectivity index (χ2v) is 6.30. The number of halogens is 1. The molecule has 2 rings (SSSR count). The van der Waals surface area contributed by atoms with Crippen molar-refractivity contribution in [1.82, 2.24) is 0 Å². The summed E-state index contributed by atoms with van der Waals surface area (Å²) in [7, 11) is 0. The van der Waals surface area contributed by atoms with E-state index in [1.165, 1.54) is 31.2 Å². The molecule has 0 radical (unpaired) electrons. The zero-order chi connectivity index (χ0) is 13.0. The lowest BCUT2D eigenvalue weighted by Gasteiger charge is -2.36. The lowest BCUT2D eigenvalue weighted by atomic mass is 9.87. The Morgan fingerprint density at radius 2 is 2.00 bits per heavy atom. The molecule has 100 valence electrons. The van der Waals surface area contributed by atoms with Crippen LogP contribution in [0.3, 0.4) is 0 Å². The summed E-state index contributed by atoms with van der Waals surface area (Å²) in [5, 5.41) is 0.842. The van der Waals surface area contributed by atoms with Crippen LogP contribution in [0, 0.1) is 5.92 Å². The van der Waals surface area contributed by atoms with Gasteiger partial charge in [0.25, 0.3) is 0 Å². The molecule has 1 aromatic rings. The minimum atomic E-state index is -0.205. The molecular weight excluding hydrogens is 288 g/mol. The summed E-state index contributed by atoms with van der Waals surface area (Å²) in [5.74, 6) is 0.805. The predicted molar refractivity (Wildman–Crippen MR) is 80.1 cm³/mol. The maximum absolute atomic E-state index is 6.44. The van der Waals surface area contributed by atoms with Crippen LogP contribution in [0.5, 0.6) is 0 Å². The topological polar surface area (TPSA) is 9.23 Å². The monoisotopic (exact) mass is 310 g/mol. The van der Waals surface area contributed by atoms with Crippen LogP contribution in [0.1, 0.15) is 45.1 Å². The molecule has 0 N–H and O–H groups in total. The van der Waals surface area contributed by atoms with Gasteiger partial charge in [-0.25, -0.2) is 0 Å². The van der Waals surface area contributed by atoms with Crippen LogP contribution < -0.4 is 0 Å². The highest BCUT2D eigenvalue weighted by molar-refractivity contribution is 9.09. The summed E-state index contributed by atoms with van der Waals surface area (Å²) in [6.45, 7) is 4.53. The quantitative estimate of drug-likeness (QED) is 0.719. The van der Waals surface area contributed by atoms with Gasteiger partial charge in [-0.1, -0.05) is 66.0 Å². The lowest BCUT2D eigenvalue weighted by Crippen LogP contribution is -2.35. The molecule has 1 aromatic carbocycles. The largest absolute Gasteiger partial charge is 0.366 e. The third kappa shape index (κ3) is 3.36. The van der Waals surface area contributed by atoms with Crippen LogP contribution >= 0.6 is 15.9 Å². The first-order valence-corrected chi connectivity index (χ1v) is 8.05. The molecule has 0 amide bonds. The Balaban J connectivity index is 2.08. The van der Waals surface area contributed by atoms with Gasteiger partial charge >= 0.3 is 0 Å². The van der Waals surface area contributed by atoms with Crippen molar-refractivity contribution in [2.24, 2.45) is 5.92 Å². The van der Waals surface area contributed by atoms with Crippen molar-refractivity contribution in [1.29, 1.82) is 0 Å². The van der Waals surface area contributed by atoms with E-state index in [9.17, 15) is 0 Å². The van der Waals surface area contributed by atoms with Gasteiger partial charge in [-0.2, -0.15) is 0 Å². The molecule has 2 heteroatoms. The van der Waals surface area contributed by atoms with Gasteiger partial charge < -0.3 is 4.74 Å². The highest BCUT2D eigenvalue weighted by atomic mass is 79.9. The highest BCUT2D eigenvalue weighted by Gasteiger charge is 2.31. The normalized spacial score (nSPS) is 27.7. The third-order valence-electron chi connectivity index (χ3n) is 3.95. The molecule has 0 spiro atoms. The first-order valence-electron chi connectivity index (χ1n) is 6.93. The summed E-state index contributed by atoms with van der Waals surface area (Å²) in [6, 6.07) is 10.5. The predicted octanol–water partition coefficient (Wildman–Crippen LogP) is 4.89.